The summed E-state index contributed by atoms with van der Waals surface area (Å²) >= 11 is 0. The van der Waals surface area contributed by atoms with E-state index < -0.39 is 5.97 Å². The molecule has 4 nitrogen and oxygen atoms in total. The molecule has 0 aromatic heterocycles. The number of methoxy groups -OCH3 is 1. The Morgan fingerprint density at radius 3 is 2.57 bits per heavy atom. The van der Waals surface area contributed by atoms with Gasteiger partial charge < -0.3 is 9.47 Å². The minimum Gasteiger partial charge on any atom is -0.466 e. The number of fused-ring (bicyclic) bond motifs is 1. The van der Waals surface area contributed by atoms with Crippen LogP contribution in [0.25, 0.3) is 5.76 Å². The van der Waals surface area contributed by atoms with Crippen molar-refractivity contribution < 1.29 is 14.3 Å². The molecule has 0 aliphatic carbocycles. The minimum absolute atomic E-state index is 0.436. The first-order valence-electron chi connectivity index (χ1n) is 6.49. The Morgan fingerprint density at radius 1 is 1.10 bits per heavy atom. The molecule has 1 heterocycles. The van der Waals surface area contributed by atoms with Crippen molar-refractivity contribution in [2.75, 3.05) is 7.11 Å². The van der Waals surface area contributed by atoms with Gasteiger partial charge >= 0.3 is 5.97 Å². The number of rotatable bonds is 2. The van der Waals surface area contributed by atoms with Crippen molar-refractivity contribution >= 4 is 23.3 Å². The van der Waals surface area contributed by atoms with Crippen LogP contribution in [0, 0.1) is 0 Å². The number of hydrogen-bond acceptors (Lipinski definition) is 4. The van der Waals surface area contributed by atoms with Crippen LogP contribution in [0.1, 0.15) is 11.1 Å². The summed E-state index contributed by atoms with van der Waals surface area (Å²) in [6.07, 6.45) is 1.33. The maximum Gasteiger partial charge on any atom is 0.334 e. The summed E-state index contributed by atoms with van der Waals surface area (Å²) in [4.78, 5) is 16.0. The van der Waals surface area contributed by atoms with Crippen molar-refractivity contribution in [3.8, 4) is 0 Å². The fraction of sp³-hybridized carbons (Fsp3) is 0.0588. The van der Waals surface area contributed by atoms with Gasteiger partial charge in [0.05, 0.1) is 18.9 Å². The summed E-state index contributed by atoms with van der Waals surface area (Å²) in [6.45, 7) is 0. The first-order chi connectivity index (χ1) is 10.3. The molecule has 2 aromatic carbocycles. The van der Waals surface area contributed by atoms with Gasteiger partial charge in [-0.25, -0.2) is 9.79 Å². The van der Waals surface area contributed by atoms with Crippen LogP contribution in [0.4, 0.5) is 5.69 Å². The van der Waals surface area contributed by atoms with Gasteiger partial charge in [0.1, 0.15) is 5.76 Å². The molecule has 0 atom stereocenters. The molecule has 0 N–H and O–H groups in total. The number of benzene rings is 2. The maximum atomic E-state index is 11.5. The van der Waals surface area contributed by atoms with Crippen molar-refractivity contribution in [3.63, 3.8) is 0 Å². The lowest BCUT2D eigenvalue weighted by Crippen LogP contribution is -2.11. The van der Waals surface area contributed by atoms with Gasteiger partial charge in [-0.15, -0.1) is 0 Å². The van der Waals surface area contributed by atoms with E-state index in [1.54, 1.807) is 0 Å². The molecule has 0 amide bonds. The van der Waals surface area contributed by atoms with Gasteiger partial charge in [0.15, 0.2) is 0 Å². The molecule has 2 aromatic rings. The van der Waals surface area contributed by atoms with E-state index in [0.717, 1.165) is 16.8 Å². The van der Waals surface area contributed by atoms with Crippen LogP contribution >= 0.6 is 0 Å². The molecule has 1 aliphatic rings. The number of hydrogen-bond donors (Lipinski definition) is 0. The quantitative estimate of drug-likeness (QED) is 0.626. The highest BCUT2D eigenvalue weighted by Gasteiger charge is 2.20. The van der Waals surface area contributed by atoms with E-state index in [-0.39, 0.29) is 0 Å². The molecule has 21 heavy (non-hydrogen) atoms. The third-order valence-electron chi connectivity index (χ3n) is 3.07. The molecule has 3 rings (SSSR count). The number of carbonyl (C=O) groups is 1. The first kappa shape index (κ1) is 13.1. The maximum absolute atomic E-state index is 11.5. The average Bonchev–Trinajstić information content (AvgIpc) is 2.55. The second kappa shape index (κ2) is 5.63. The van der Waals surface area contributed by atoms with Gasteiger partial charge in [0.25, 0.3) is 0 Å². The Bertz CT molecular complexity index is 733. The van der Waals surface area contributed by atoms with E-state index in [2.05, 4.69) is 9.73 Å². The fourth-order valence-electron chi connectivity index (χ4n) is 2.05. The molecule has 0 fully saturated rings. The van der Waals surface area contributed by atoms with Crippen LogP contribution in [0.15, 0.2) is 65.7 Å². The number of nitrogens with zero attached hydrogens (tertiary/aromatic N) is 1. The smallest absolute Gasteiger partial charge is 0.334 e. The number of esters is 1. The van der Waals surface area contributed by atoms with E-state index in [1.807, 2.05) is 54.6 Å². The van der Waals surface area contributed by atoms with E-state index in [0.29, 0.717) is 11.7 Å². The van der Waals surface area contributed by atoms with Gasteiger partial charge in [-0.1, -0.05) is 30.3 Å². The Labute approximate surface area is 122 Å². The molecule has 0 spiro atoms. The summed E-state index contributed by atoms with van der Waals surface area (Å²) in [7, 11) is 1.33. The van der Waals surface area contributed by atoms with Crippen LogP contribution in [-0.4, -0.2) is 19.0 Å². The topological polar surface area (TPSA) is 47.9 Å². The van der Waals surface area contributed by atoms with Crippen molar-refractivity contribution in [1.82, 2.24) is 0 Å². The molecular formula is C17H13NO3. The van der Waals surface area contributed by atoms with Crippen molar-refractivity contribution in [2.24, 2.45) is 4.99 Å². The summed E-state index contributed by atoms with van der Waals surface area (Å²) < 4.78 is 10.5. The molecule has 0 bridgehead atoms. The highest BCUT2D eigenvalue weighted by atomic mass is 16.5. The Hall–Kier alpha value is -2.88. The van der Waals surface area contributed by atoms with Crippen LogP contribution in [-0.2, 0) is 14.3 Å². The van der Waals surface area contributed by atoms with Gasteiger partial charge in [0.2, 0.25) is 5.90 Å². The summed E-state index contributed by atoms with van der Waals surface area (Å²) in [5, 5.41) is 0. The molecule has 0 unspecified atom stereocenters. The number of ether oxygens (including phenoxy) is 2. The van der Waals surface area contributed by atoms with E-state index in [9.17, 15) is 4.79 Å². The molecule has 1 aliphatic heterocycles. The Balaban J connectivity index is 2.09. The predicted octanol–water partition coefficient (Wildman–Crippen LogP) is 3.31. The fourth-order valence-corrected chi connectivity index (χ4v) is 2.05. The molecule has 0 saturated carbocycles. The molecule has 104 valence electrons. The first-order valence-corrected chi connectivity index (χ1v) is 6.49. The predicted molar refractivity (Wildman–Crippen MR) is 80.2 cm³/mol. The second-order valence-electron chi connectivity index (χ2n) is 4.43. The highest BCUT2D eigenvalue weighted by Crippen LogP contribution is 2.33. The van der Waals surface area contributed by atoms with Crippen molar-refractivity contribution in [3.05, 3.63) is 71.8 Å². The van der Waals surface area contributed by atoms with E-state index in [4.69, 9.17) is 4.74 Å². The monoisotopic (exact) mass is 279 g/mol. The summed E-state index contributed by atoms with van der Waals surface area (Å²) in [5.41, 5.74) is 2.38. The second-order valence-corrected chi connectivity index (χ2v) is 4.43. The van der Waals surface area contributed by atoms with Crippen LogP contribution in [0.5, 0.6) is 0 Å². The highest BCUT2D eigenvalue weighted by molar-refractivity contribution is 6.04. The SMILES string of the molecule is COC(=O)/C=C1\OC(c2ccccc2)=Nc2ccccc21. The Morgan fingerprint density at radius 2 is 1.81 bits per heavy atom. The average molecular weight is 279 g/mol. The standard InChI is InChI=1S/C17H13NO3/c1-20-16(19)11-15-13-9-5-6-10-14(13)18-17(21-15)12-7-3-2-4-8-12/h2-11H,1H3/b15-11-. The lowest BCUT2D eigenvalue weighted by molar-refractivity contribution is -0.134. The molecule has 0 radical (unpaired) electrons. The zero-order valence-corrected chi connectivity index (χ0v) is 11.4. The van der Waals surface area contributed by atoms with Crippen LogP contribution in [0.3, 0.4) is 0 Å². The zero-order valence-electron chi connectivity index (χ0n) is 11.4. The van der Waals surface area contributed by atoms with Crippen molar-refractivity contribution in [1.29, 1.82) is 0 Å². The third-order valence-corrected chi connectivity index (χ3v) is 3.07. The van der Waals surface area contributed by atoms with E-state index in [1.165, 1.54) is 13.2 Å². The summed E-state index contributed by atoms with van der Waals surface area (Å²) in [5.74, 6) is 0.435. The van der Waals surface area contributed by atoms with E-state index >= 15 is 0 Å². The minimum atomic E-state index is -0.464. The van der Waals surface area contributed by atoms with Crippen LogP contribution in [0.2, 0.25) is 0 Å². The largest absolute Gasteiger partial charge is 0.466 e. The van der Waals surface area contributed by atoms with Gasteiger partial charge in [-0.2, -0.15) is 0 Å². The van der Waals surface area contributed by atoms with Crippen LogP contribution < -0.4 is 0 Å². The van der Waals surface area contributed by atoms with Gasteiger partial charge in [0, 0.05) is 11.1 Å². The zero-order chi connectivity index (χ0) is 14.7. The molecular weight excluding hydrogens is 266 g/mol. The number of carbonyl (C=O) groups excluding carboxylic acids is 1. The van der Waals surface area contributed by atoms with Crippen molar-refractivity contribution in [2.45, 2.75) is 0 Å². The molecule has 0 saturated heterocycles. The van der Waals surface area contributed by atoms with Gasteiger partial charge in [-0.3, -0.25) is 0 Å². The number of para-hydroxylation sites is 1. The lowest BCUT2D eigenvalue weighted by Gasteiger charge is -2.19. The van der Waals surface area contributed by atoms with Gasteiger partial charge in [-0.05, 0) is 24.3 Å². The third kappa shape index (κ3) is 2.69. The molecule has 4 heteroatoms. The number of aliphatic imine (C=N–C) groups is 1. The Kier molecular flexibility index (Phi) is 3.51. The lowest BCUT2D eigenvalue weighted by atomic mass is 10.1. The normalized spacial score (nSPS) is 14.9. The summed E-state index contributed by atoms with van der Waals surface area (Å²) in [6, 6.07) is 17.1.